The first-order valence-electron chi connectivity index (χ1n) is 5.51. The van der Waals surface area contributed by atoms with Crippen molar-refractivity contribution < 1.29 is 4.79 Å². The number of hydrogen-bond acceptors (Lipinski definition) is 3. The molecule has 1 heterocycles. The third-order valence-electron chi connectivity index (χ3n) is 2.16. The number of carbonyl (C=O) groups excluding carboxylic acids is 1. The molecule has 4 nitrogen and oxygen atoms in total. The van der Waals surface area contributed by atoms with E-state index in [2.05, 4.69) is 22.4 Å². The van der Waals surface area contributed by atoms with E-state index in [1.165, 1.54) is 12.8 Å². The van der Waals surface area contributed by atoms with Gasteiger partial charge in [0.15, 0.2) is 11.0 Å². The predicted octanol–water partition coefficient (Wildman–Crippen LogP) is 3.04. The highest BCUT2D eigenvalue weighted by Crippen LogP contribution is 2.08. The maximum absolute atomic E-state index is 11.4. The number of aromatic nitrogens is 2. The summed E-state index contributed by atoms with van der Waals surface area (Å²) in [5, 5.41) is 10.4. The highest BCUT2D eigenvalue weighted by molar-refractivity contribution is 6.29. The Balaban J connectivity index is 2.26. The van der Waals surface area contributed by atoms with E-state index in [9.17, 15) is 4.79 Å². The second kappa shape index (κ2) is 7.17. The number of nitrogens with one attached hydrogen (secondary N) is 1. The van der Waals surface area contributed by atoms with Crippen molar-refractivity contribution in [2.75, 3.05) is 5.32 Å². The smallest absolute Gasteiger partial charge is 0.225 e. The van der Waals surface area contributed by atoms with Gasteiger partial charge < -0.3 is 5.32 Å². The second-order valence-corrected chi connectivity index (χ2v) is 3.99. The summed E-state index contributed by atoms with van der Waals surface area (Å²) in [6.07, 6.45) is 4.89. The summed E-state index contributed by atoms with van der Waals surface area (Å²) in [6, 6.07) is 3.24. The third-order valence-corrected chi connectivity index (χ3v) is 2.36. The standard InChI is InChI=1S/C11H16ClN3O/c1-2-3-4-5-6-11(16)13-10-8-7-9(12)14-15-10/h7-8H,2-6H2,1H3,(H,13,15,16). The lowest BCUT2D eigenvalue weighted by molar-refractivity contribution is -0.116. The van der Waals surface area contributed by atoms with Crippen LogP contribution in [0, 0.1) is 0 Å². The first kappa shape index (κ1) is 12.9. The van der Waals surface area contributed by atoms with Crippen LogP contribution in [-0.2, 0) is 4.79 Å². The molecular weight excluding hydrogens is 226 g/mol. The SMILES string of the molecule is CCCCCCC(=O)Nc1ccc(Cl)nn1. The Morgan fingerprint density at radius 2 is 2.12 bits per heavy atom. The molecule has 1 rings (SSSR count). The van der Waals surface area contributed by atoms with E-state index in [-0.39, 0.29) is 5.91 Å². The fourth-order valence-corrected chi connectivity index (χ4v) is 1.40. The van der Waals surface area contributed by atoms with Gasteiger partial charge in [0.25, 0.3) is 0 Å². The van der Waals surface area contributed by atoms with E-state index in [1.807, 2.05) is 0 Å². The van der Waals surface area contributed by atoms with Gasteiger partial charge in [-0.15, -0.1) is 10.2 Å². The van der Waals surface area contributed by atoms with Gasteiger partial charge in [0, 0.05) is 6.42 Å². The number of carbonyl (C=O) groups is 1. The molecule has 1 N–H and O–H groups in total. The van der Waals surface area contributed by atoms with Gasteiger partial charge in [0.1, 0.15) is 0 Å². The topological polar surface area (TPSA) is 54.9 Å². The number of anilines is 1. The number of nitrogens with zero attached hydrogens (tertiary/aromatic N) is 2. The predicted molar refractivity (Wildman–Crippen MR) is 64.4 cm³/mol. The lowest BCUT2D eigenvalue weighted by Gasteiger charge is -2.03. The highest BCUT2D eigenvalue weighted by Gasteiger charge is 2.03. The maximum atomic E-state index is 11.4. The third kappa shape index (κ3) is 5.07. The molecule has 0 saturated carbocycles. The maximum Gasteiger partial charge on any atom is 0.225 e. The molecule has 0 fully saturated rings. The molecule has 88 valence electrons. The molecule has 0 radical (unpaired) electrons. The quantitative estimate of drug-likeness (QED) is 0.779. The molecule has 1 aromatic rings. The summed E-state index contributed by atoms with van der Waals surface area (Å²) in [4.78, 5) is 11.4. The minimum absolute atomic E-state index is 0.0206. The fraction of sp³-hybridized carbons (Fsp3) is 0.545. The Morgan fingerprint density at radius 3 is 2.75 bits per heavy atom. The second-order valence-electron chi connectivity index (χ2n) is 3.60. The van der Waals surface area contributed by atoms with Crippen molar-refractivity contribution in [3.05, 3.63) is 17.3 Å². The van der Waals surface area contributed by atoms with Gasteiger partial charge in [0.05, 0.1) is 0 Å². The average molecular weight is 242 g/mol. The largest absolute Gasteiger partial charge is 0.309 e. The van der Waals surface area contributed by atoms with E-state index in [0.29, 0.717) is 17.4 Å². The summed E-state index contributed by atoms with van der Waals surface area (Å²) < 4.78 is 0. The molecule has 0 aliphatic rings. The van der Waals surface area contributed by atoms with Gasteiger partial charge in [-0.2, -0.15) is 0 Å². The molecule has 5 heteroatoms. The van der Waals surface area contributed by atoms with Crippen molar-refractivity contribution in [2.24, 2.45) is 0 Å². The molecule has 1 amide bonds. The van der Waals surface area contributed by atoms with Crippen LogP contribution in [0.3, 0.4) is 0 Å². The number of unbranched alkanes of at least 4 members (excludes halogenated alkanes) is 3. The van der Waals surface area contributed by atoms with E-state index in [0.717, 1.165) is 12.8 Å². The Bertz CT molecular complexity index is 327. The Morgan fingerprint density at radius 1 is 1.31 bits per heavy atom. The van der Waals surface area contributed by atoms with Crippen molar-refractivity contribution in [2.45, 2.75) is 39.0 Å². The first-order valence-corrected chi connectivity index (χ1v) is 5.89. The van der Waals surface area contributed by atoms with Crippen LogP contribution < -0.4 is 5.32 Å². The number of rotatable bonds is 6. The molecule has 0 spiro atoms. The Labute approximate surface area is 100 Å². The van der Waals surface area contributed by atoms with Crippen LogP contribution in [0.2, 0.25) is 5.15 Å². The van der Waals surface area contributed by atoms with Gasteiger partial charge in [0.2, 0.25) is 5.91 Å². The summed E-state index contributed by atoms with van der Waals surface area (Å²) in [6.45, 7) is 2.14. The van der Waals surface area contributed by atoms with Crippen molar-refractivity contribution in [1.82, 2.24) is 10.2 Å². The summed E-state index contributed by atoms with van der Waals surface area (Å²) in [5.74, 6) is 0.428. The number of hydrogen-bond donors (Lipinski definition) is 1. The molecule has 0 aliphatic carbocycles. The van der Waals surface area contributed by atoms with Crippen LogP contribution in [0.1, 0.15) is 39.0 Å². The van der Waals surface area contributed by atoms with Crippen molar-refractivity contribution in [1.29, 1.82) is 0 Å². The lowest BCUT2D eigenvalue weighted by atomic mass is 10.1. The van der Waals surface area contributed by atoms with Crippen molar-refractivity contribution >= 4 is 23.3 Å². The number of halogens is 1. The van der Waals surface area contributed by atoms with Crippen molar-refractivity contribution in [3.8, 4) is 0 Å². The van der Waals surface area contributed by atoms with Crippen LogP contribution >= 0.6 is 11.6 Å². The normalized spacial score (nSPS) is 10.1. The van der Waals surface area contributed by atoms with Gasteiger partial charge in [-0.05, 0) is 18.6 Å². The lowest BCUT2D eigenvalue weighted by Crippen LogP contribution is -2.12. The van der Waals surface area contributed by atoms with Crippen LogP contribution in [-0.4, -0.2) is 16.1 Å². The molecule has 0 aromatic carbocycles. The zero-order valence-electron chi connectivity index (χ0n) is 9.37. The molecule has 0 aliphatic heterocycles. The molecule has 16 heavy (non-hydrogen) atoms. The summed E-state index contributed by atoms with van der Waals surface area (Å²) >= 11 is 5.58. The molecule has 0 unspecified atom stereocenters. The molecule has 1 aromatic heterocycles. The molecule has 0 bridgehead atoms. The fourth-order valence-electron chi connectivity index (χ4n) is 1.30. The first-order chi connectivity index (χ1) is 7.72. The minimum Gasteiger partial charge on any atom is -0.309 e. The Hall–Kier alpha value is -1.16. The zero-order chi connectivity index (χ0) is 11.8. The summed E-state index contributed by atoms with van der Waals surface area (Å²) in [7, 11) is 0. The zero-order valence-corrected chi connectivity index (χ0v) is 10.1. The van der Waals surface area contributed by atoms with E-state index < -0.39 is 0 Å². The van der Waals surface area contributed by atoms with Crippen LogP contribution in [0.4, 0.5) is 5.82 Å². The Kier molecular flexibility index (Phi) is 5.78. The average Bonchev–Trinajstić information content (AvgIpc) is 2.28. The van der Waals surface area contributed by atoms with E-state index in [4.69, 9.17) is 11.6 Å². The van der Waals surface area contributed by atoms with E-state index in [1.54, 1.807) is 12.1 Å². The van der Waals surface area contributed by atoms with Crippen molar-refractivity contribution in [3.63, 3.8) is 0 Å². The van der Waals surface area contributed by atoms with Gasteiger partial charge in [-0.3, -0.25) is 4.79 Å². The van der Waals surface area contributed by atoms with Crippen LogP contribution in [0.5, 0.6) is 0 Å². The summed E-state index contributed by atoms with van der Waals surface area (Å²) in [5.41, 5.74) is 0. The van der Waals surface area contributed by atoms with Crippen LogP contribution in [0.25, 0.3) is 0 Å². The van der Waals surface area contributed by atoms with Gasteiger partial charge in [-0.1, -0.05) is 37.8 Å². The van der Waals surface area contributed by atoms with E-state index >= 15 is 0 Å². The van der Waals surface area contributed by atoms with Gasteiger partial charge in [-0.25, -0.2) is 0 Å². The van der Waals surface area contributed by atoms with Gasteiger partial charge >= 0.3 is 0 Å². The minimum atomic E-state index is -0.0206. The molecule has 0 atom stereocenters. The molecule has 0 saturated heterocycles. The monoisotopic (exact) mass is 241 g/mol. The highest BCUT2D eigenvalue weighted by atomic mass is 35.5. The number of amides is 1. The van der Waals surface area contributed by atoms with Crippen LogP contribution in [0.15, 0.2) is 12.1 Å². The molecular formula is C11H16ClN3O.